The molecule has 1 N–H and O–H groups in total. The summed E-state index contributed by atoms with van der Waals surface area (Å²) >= 11 is 0. The van der Waals surface area contributed by atoms with Crippen molar-refractivity contribution in [3.8, 4) is 0 Å². The van der Waals surface area contributed by atoms with E-state index in [0.717, 1.165) is 25.9 Å². The van der Waals surface area contributed by atoms with E-state index in [2.05, 4.69) is 0 Å². The molecule has 3 heteroatoms. The summed E-state index contributed by atoms with van der Waals surface area (Å²) in [5.41, 5.74) is 0. The van der Waals surface area contributed by atoms with Crippen LogP contribution in [0.5, 0.6) is 0 Å². The fourth-order valence-electron chi connectivity index (χ4n) is 3.40. The summed E-state index contributed by atoms with van der Waals surface area (Å²) in [6.45, 7) is 4.72. The van der Waals surface area contributed by atoms with Crippen molar-refractivity contribution in [2.45, 2.75) is 51.4 Å². The summed E-state index contributed by atoms with van der Waals surface area (Å²) in [5, 5.41) is 0. The first-order valence-corrected chi connectivity index (χ1v) is 7.86. The number of carbonyl (C=O) groups excluding carboxylic acids is 1. The Balaban J connectivity index is 1.69. The molecular weight excluding hydrogens is 224 g/mol. The van der Waals surface area contributed by atoms with Crippen molar-refractivity contribution >= 4 is 5.91 Å². The molecule has 1 amide bonds. The highest BCUT2D eigenvalue weighted by molar-refractivity contribution is 5.78. The van der Waals surface area contributed by atoms with Gasteiger partial charge in [-0.25, -0.2) is 0 Å². The van der Waals surface area contributed by atoms with Crippen molar-refractivity contribution in [1.29, 1.82) is 0 Å². The van der Waals surface area contributed by atoms with Gasteiger partial charge in [0.2, 0.25) is 5.91 Å². The zero-order chi connectivity index (χ0) is 12.8. The van der Waals surface area contributed by atoms with Crippen LogP contribution in [0.15, 0.2) is 0 Å². The quantitative estimate of drug-likeness (QED) is 0.797. The number of likely N-dealkylation sites (tertiary alicyclic amines) is 1. The average molecular weight is 253 g/mol. The lowest BCUT2D eigenvalue weighted by atomic mass is 9.88. The van der Waals surface area contributed by atoms with Crippen LogP contribution < -0.4 is 4.90 Å². The Morgan fingerprint density at radius 3 is 2.33 bits per heavy atom. The van der Waals surface area contributed by atoms with Crippen molar-refractivity contribution in [2.75, 3.05) is 33.2 Å². The molecule has 3 nitrogen and oxygen atoms in total. The van der Waals surface area contributed by atoms with Gasteiger partial charge in [0, 0.05) is 13.0 Å². The second-order valence-electron chi connectivity index (χ2n) is 6.16. The number of hydrogen-bond acceptors (Lipinski definition) is 1. The van der Waals surface area contributed by atoms with E-state index in [4.69, 9.17) is 0 Å². The molecule has 0 unspecified atom stereocenters. The van der Waals surface area contributed by atoms with Gasteiger partial charge < -0.3 is 9.80 Å². The predicted molar refractivity (Wildman–Crippen MR) is 73.6 cm³/mol. The van der Waals surface area contributed by atoms with E-state index in [9.17, 15) is 4.79 Å². The Hall–Kier alpha value is -0.570. The Bertz CT molecular complexity index is 255. The van der Waals surface area contributed by atoms with Crippen LogP contribution in [0, 0.1) is 5.92 Å². The van der Waals surface area contributed by atoms with Crippen LogP contribution in [0.25, 0.3) is 0 Å². The molecule has 18 heavy (non-hydrogen) atoms. The molecule has 0 aromatic heterocycles. The molecule has 1 aliphatic carbocycles. The van der Waals surface area contributed by atoms with E-state index in [-0.39, 0.29) is 0 Å². The summed E-state index contributed by atoms with van der Waals surface area (Å²) < 4.78 is 0. The highest BCUT2D eigenvalue weighted by Gasteiger charge is 2.24. The highest BCUT2D eigenvalue weighted by atomic mass is 16.2. The van der Waals surface area contributed by atoms with Gasteiger partial charge in [-0.05, 0) is 32.1 Å². The van der Waals surface area contributed by atoms with E-state index in [0.29, 0.717) is 11.8 Å². The zero-order valence-electron chi connectivity index (χ0n) is 11.9. The van der Waals surface area contributed by atoms with Gasteiger partial charge >= 0.3 is 0 Å². The molecule has 104 valence electrons. The summed E-state index contributed by atoms with van der Waals surface area (Å²) in [6.07, 6.45) is 10.2. The monoisotopic (exact) mass is 253 g/mol. The Kier molecular flexibility index (Phi) is 5.48. The van der Waals surface area contributed by atoms with Crippen LogP contribution in [0.1, 0.15) is 51.4 Å². The molecule has 2 rings (SSSR count). The molecule has 0 bridgehead atoms. The molecule has 0 aromatic rings. The van der Waals surface area contributed by atoms with E-state index in [1.165, 1.54) is 51.6 Å². The van der Waals surface area contributed by atoms with Crippen LogP contribution in [-0.2, 0) is 4.79 Å². The summed E-state index contributed by atoms with van der Waals surface area (Å²) in [6, 6.07) is 0. The van der Waals surface area contributed by atoms with Gasteiger partial charge in [0.25, 0.3) is 0 Å². The number of hydrogen-bond donors (Lipinski definition) is 1. The molecule has 1 aliphatic heterocycles. The lowest BCUT2D eigenvalue weighted by molar-refractivity contribution is -0.904. The van der Waals surface area contributed by atoms with Crippen LogP contribution in [0.2, 0.25) is 0 Å². The molecular formula is C15H29N2O+. The highest BCUT2D eigenvalue weighted by Crippen LogP contribution is 2.24. The largest absolute Gasteiger partial charge is 0.340 e. The SMILES string of the molecule is CN(CC[NH+]1CCCCC1)C(=O)C1CCCCC1. The second kappa shape index (κ2) is 7.13. The molecule has 2 aliphatic rings. The topological polar surface area (TPSA) is 24.8 Å². The van der Waals surface area contributed by atoms with E-state index < -0.39 is 0 Å². The summed E-state index contributed by atoms with van der Waals surface area (Å²) in [7, 11) is 2.00. The van der Waals surface area contributed by atoms with Crippen molar-refractivity contribution in [1.82, 2.24) is 4.90 Å². The maximum atomic E-state index is 12.3. The first kappa shape index (κ1) is 13.9. The predicted octanol–water partition coefficient (Wildman–Crippen LogP) is 1.09. The van der Waals surface area contributed by atoms with Crippen molar-refractivity contribution in [3.63, 3.8) is 0 Å². The number of nitrogens with zero attached hydrogens (tertiary/aromatic N) is 1. The average Bonchev–Trinajstić information content (AvgIpc) is 2.46. The lowest BCUT2D eigenvalue weighted by Gasteiger charge is -2.29. The molecule has 1 saturated heterocycles. The zero-order valence-corrected chi connectivity index (χ0v) is 11.9. The van der Waals surface area contributed by atoms with Gasteiger partial charge in [-0.15, -0.1) is 0 Å². The smallest absolute Gasteiger partial charge is 0.225 e. The molecule has 1 saturated carbocycles. The minimum Gasteiger partial charge on any atom is -0.340 e. The van der Waals surface area contributed by atoms with Gasteiger partial charge in [0.15, 0.2) is 0 Å². The number of quaternary nitrogens is 1. The lowest BCUT2D eigenvalue weighted by Crippen LogP contribution is -3.13. The second-order valence-corrected chi connectivity index (χ2v) is 6.16. The van der Waals surface area contributed by atoms with E-state index in [1.54, 1.807) is 4.90 Å². The Morgan fingerprint density at radius 2 is 1.67 bits per heavy atom. The molecule has 2 fully saturated rings. The van der Waals surface area contributed by atoms with Gasteiger partial charge in [0.1, 0.15) is 0 Å². The normalized spacial score (nSPS) is 22.9. The maximum absolute atomic E-state index is 12.3. The number of nitrogens with one attached hydrogen (secondary N) is 1. The summed E-state index contributed by atoms with van der Waals surface area (Å²) in [4.78, 5) is 16.0. The molecule has 0 atom stereocenters. The van der Waals surface area contributed by atoms with Gasteiger partial charge in [-0.3, -0.25) is 4.79 Å². The van der Waals surface area contributed by atoms with Crippen molar-refractivity contribution < 1.29 is 9.69 Å². The fourth-order valence-corrected chi connectivity index (χ4v) is 3.40. The van der Waals surface area contributed by atoms with Crippen LogP contribution in [0.4, 0.5) is 0 Å². The molecule has 0 radical (unpaired) electrons. The third-order valence-corrected chi connectivity index (χ3v) is 4.69. The number of rotatable bonds is 4. The van der Waals surface area contributed by atoms with Crippen molar-refractivity contribution in [3.05, 3.63) is 0 Å². The van der Waals surface area contributed by atoms with Crippen LogP contribution >= 0.6 is 0 Å². The number of likely N-dealkylation sites (N-methyl/N-ethyl adjacent to an activating group) is 1. The van der Waals surface area contributed by atoms with Crippen molar-refractivity contribution in [2.24, 2.45) is 5.92 Å². The van der Waals surface area contributed by atoms with Crippen LogP contribution in [-0.4, -0.2) is 44.0 Å². The number of amides is 1. The van der Waals surface area contributed by atoms with Gasteiger partial charge in [-0.1, -0.05) is 19.3 Å². The van der Waals surface area contributed by atoms with Gasteiger partial charge in [-0.2, -0.15) is 0 Å². The maximum Gasteiger partial charge on any atom is 0.225 e. The third-order valence-electron chi connectivity index (χ3n) is 4.69. The number of piperidine rings is 1. The third kappa shape index (κ3) is 3.98. The van der Waals surface area contributed by atoms with E-state index >= 15 is 0 Å². The standard InChI is InChI=1S/C15H28N2O/c1-16(12-13-17-10-6-3-7-11-17)15(18)14-8-4-2-5-9-14/h14H,2-13H2,1H3/p+1. The van der Waals surface area contributed by atoms with Gasteiger partial charge in [0.05, 0.1) is 26.2 Å². The molecule has 0 aromatic carbocycles. The van der Waals surface area contributed by atoms with Crippen LogP contribution in [0.3, 0.4) is 0 Å². The molecule has 0 spiro atoms. The molecule has 1 heterocycles. The minimum atomic E-state index is 0.333. The number of carbonyl (C=O) groups is 1. The Labute approximate surface area is 112 Å². The van der Waals surface area contributed by atoms with E-state index in [1.807, 2.05) is 11.9 Å². The summed E-state index contributed by atoms with van der Waals surface area (Å²) in [5.74, 6) is 0.742. The first-order valence-electron chi connectivity index (χ1n) is 7.86. The minimum absolute atomic E-state index is 0.333. The Morgan fingerprint density at radius 1 is 1.06 bits per heavy atom. The fraction of sp³-hybridized carbons (Fsp3) is 0.933. The first-order chi connectivity index (χ1) is 8.77.